The number of methoxy groups -OCH3 is 1. The van der Waals surface area contributed by atoms with E-state index in [1.54, 1.807) is 17.9 Å². The lowest BCUT2D eigenvalue weighted by Gasteiger charge is -2.20. The summed E-state index contributed by atoms with van der Waals surface area (Å²) in [4.78, 5) is 39.9. The number of carbonyl (C=O) groups is 2. The fourth-order valence-corrected chi connectivity index (χ4v) is 5.70. The van der Waals surface area contributed by atoms with Crippen LogP contribution in [0.2, 0.25) is 0 Å². The predicted octanol–water partition coefficient (Wildman–Crippen LogP) is 6.63. The van der Waals surface area contributed by atoms with Crippen molar-refractivity contribution in [3.8, 4) is 5.75 Å². The average Bonchev–Trinajstić information content (AvgIpc) is 3.07. The van der Waals surface area contributed by atoms with E-state index in [1.807, 2.05) is 94.4 Å². The number of ether oxygens (including phenoxy) is 2. The first-order chi connectivity index (χ1) is 23.5. The molecule has 1 amide bonds. The van der Waals surface area contributed by atoms with Crippen LogP contribution in [0.15, 0.2) is 108 Å². The molecular weight excluding hydrogens is 614 g/mol. The van der Waals surface area contributed by atoms with Crippen molar-refractivity contribution in [2.24, 2.45) is 0 Å². The number of amides is 1. The molecule has 4 aromatic carbocycles. The molecule has 1 atom stereocenters. The minimum absolute atomic E-state index is 0.168. The molecule has 5 rings (SSSR count). The third kappa shape index (κ3) is 9.90. The number of carbonyl (C=O) groups excluding carboxylic acids is 2. The number of benzene rings is 4. The number of esters is 1. The Bertz CT molecular complexity index is 1960. The summed E-state index contributed by atoms with van der Waals surface area (Å²) in [5.41, 5.74) is 3.98. The smallest absolute Gasteiger partial charge is 0.310 e. The van der Waals surface area contributed by atoms with Crippen molar-refractivity contribution in [1.29, 1.82) is 0 Å². The van der Waals surface area contributed by atoms with Gasteiger partial charge in [-0.25, -0.2) is 0 Å². The number of aromatic nitrogens is 1. The van der Waals surface area contributed by atoms with Gasteiger partial charge in [0.1, 0.15) is 17.0 Å². The van der Waals surface area contributed by atoms with Gasteiger partial charge >= 0.3 is 5.97 Å². The van der Waals surface area contributed by atoms with Crippen molar-refractivity contribution in [2.45, 2.75) is 65.1 Å². The van der Waals surface area contributed by atoms with E-state index >= 15 is 0 Å². The number of fused-ring (bicyclic) bond motifs is 1. The van der Waals surface area contributed by atoms with Gasteiger partial charge in [0.15, 0.2) is 0 Å². The highest BCUT2D eigenvalue weighted by atomic mass is 16.6. The molecule has 254 valence electrons. The quantitative estimate of drug-likeness (QED) is 0.138. The van der Waals surface area contributed by atoms with Crippen LogP contribution in [0.4, 0.5) is 5.69 Å². The van der Waals surface area contributed by atoms with Gasteiger partial charge in [0.25, 0.3) is 5.56 Å². The summed E-state index contributed by atoms with van der Waals surface area (Å²) in [6.07, 6.45) is 3.03. The van der Waals surface area contributed by atoms with Crippen molar-refractivity contribution in [3.63, 3.8) is 0 Å². The molecule has 0 fully saturated rings. The van der Waals surface area contributed by atoms with Gasteiger partial charge in [-0.3, -0.25) is 14.4 Å². The number of nitrogens with zero attached hydrogens (tertiary/aromatic N) is 1. The van der Waals surface area contributed by atoms with E-state index < -0.39 is 11.6 Å². The Kier molecular flexibility index (Phi) is 11.3. The second kappa shape index (κ2) is 15.8. The first-order valence-corrected chi connectivity index (χ1v) is 16.6. The zero-order valence-electron chi connectivity index (χ0n) is 28.9. The molecule has 0 radical (unpaired) electrons. The molecule has 1 heterocycles. The summed E-state index contributed by atoms with van der Waals surface area (Å²) < 4.78 is 12.3. The first kappa shape index (κ1) is 35.1. The van der Waals surface area contributed by atoms with Crippen molar-refractivity contribution in [2.75, 3.05) is 19.0 Å². The average molecular weight is 660 g/mol. The second-order valence-corrected chi connectivity index (χ2v) is 13.4. The fourth-order valence-electron chi connectivity index (χ4n) is 5.70. The van der Waals surface area contributed by atoms with Crippen LogP contribution >= 0.6 is 0 Å². The van der Waals surface area contributed by atoms with Crippen LogP contribution in [0.5, 0.6) is 5.75 Å². The lowest BCUT2D eigenvalue weighted by atomic mass is 10.0. The third-order valence-electron chi connectivity index (χ3n) is 8.30. The van der Waals surface area contributed by atoms with E-state index in [9.17, 15) is 14.4 Å². The van der Waals surface area contributed by atoms with Gasteiger partial charge < -0.3 is 24.7 Å². The molecule has 0 saturated carbocycles. The maximum atomic E-state index is 13.9. The molecule has 1 aromatic heterocycles. The van der Waals surface area contributed by atoms with E-state index in [0.29, 0.717) is 25.1 Å². The van der Waals surface area contributed by atoms with Crippen molar-refractivity contribution in [3.05, 3.63) is 141 Å². The lowest BCUT2D eigenvalue weighted by molar-refractivity contribution is -0.153. The third-order valence-corrected chi connectivity index (χ3v) is 8.30. The van der Waals surface area contributed by atoms with Gasteiger partial charge in [0.05, 0.1) is 26.1 Å². The van der Waals surface area contributed by atoms with Gasteiger partial charge in [0.2, 0.25) is 5.91 Å². The normalized spacial score (nSPS) is 12.0. The summed E-state index contributed by atoms with van der Waals surface area (Å²) in [5, 5.41) is 8.77. The van der Waals surface area contributed by atoms with Crippen LogP contribution in [0.25, 0.3) is 10.8 Å². The van der Waals surface area contributed by atoms with E-state index in [1.165, 1.54) is 10.8 Å². The molecule has 49 heavy (non-hydrogen) atoms. The molecular formula is C41H45N3O5. The summed E-state index contributed by atoms with van der Waals surface area (Å²) in [6, 6.07) is 31.0. The van der Waals surface area contributed by atoms with Crippen molar-refractivity contribution in [1.82, 2.24) is 9.88 Å². The van der Waals surface area contributed by atoms with Gasteiger partial charge in [-0.05, 0) is 104 Å². The number of hydrogen-bond acceptors (Lipinski definition) is 6. The molecule has 0 aliphatic rings. The Morgan fingerprint density at radius 1 is 0.816 bits per heavy atom. The van der Waals surface area contributed by atoms with Gasteiger partial charge in [-0.15, -0.1) is 0 Å². The number of pyridine rings is 1. The summed E-state index contributed by atoms with van der Waals surface area (Å²) in [7, 11) is 1.61. The zero-order chi connectivity index (χ0) is 35.0. The largest absolute Gasteiger partial charge is 0.497 e. The van der Waals surface area contributed by atoms with Gasteiger partial charge in [0, 0.05) is 6.20 Å². The molecule has 1 unspecified atom stereocenters. The highest BCUT2D eigenvalue weighted by Gasteiger charge is 2.22. The van der Waals surface area contributed by atoms with E-state index in [0.717, 1.165) is 34.4 Å². The molecule has 8 heteroatoms. The van der Waals surface area contributed by atoms with Gasteiger partial charge in [-0.2, -0.15) is 0 Å². The summed E-state index contributed by atoms with van der Waals surface area (Å²) in [5.74, 6) is 0.160. The first-order valence-electron chi connectivity index (χ1n) is 16.6. The standard InChI is InChI=1S/C41H45N3O5/c1-28-21-23-44(27-32-15-18-35(48-5)19-16-32)40(47)38(28)43-39(46)36(42-22-20-31-14-17-33-8-6-7-9-34(33)24-31)25-29-10-12-30(13-11-29)26-37(45)49-41(2,3)4/h6-19,21,23-24,36,42H,20,22,25-27H2,1-5H3,(H,43,46). The molecule has 8 nitrogen and oxygen atoms in total. The number of rotatable bonds is 13. The number of aryl methyl sites for hydroxylation is 1. The van der Waals surface area contributed by atoms with Crippen LogP contribution in [0, 0.1) is 6.92 Å². The van der Waals surface area contributed by atoms with Crippen LogP contribution in [-0.2, 0) is 40.1 Å². The Morgan fingerprint density at radius 2 is 1.47 bits per heavy atom. The number of anilines is 1. The van der Waals surface area contributed by atoms with E-state index in [2.05, 4.69) is 41.0 Å². The Hall–Kier alpha value is -5.21. The van der Waals surface area contributed by atoms with Crippen molar-refractivity contribution < 1.29 is 19.1 Å². The fraction of sp³-hybridized carbons (Fsp3) is 0.293. The van der Waals surface area contributed by atoms with Crippen LogP contribution in [-0.4, -0.2) is 41.7 Å². The Labute approximate surface area is 288 Å². The highest BCUT2D eigenvalue weighted by molar-refractivity contribution is 5.95. The number of hydrogen-bond donors (Lipinski definition) is 2. The van der Waals surface area contributed by atoms with Gasteiger partial charge in [-0.1, -0.05) is 78.9 Å². The molecule has 2 N–H and O–H groups in total. The molecule has 0 aliphatic carbocycles. The molecule has 0 saturated heterocycles. The maximum Gasteiger partial charge on any atom is 0.310 e. The van der Waals surface area contributed by atoms with Crippen LogP contribution < -0.4 is 20.9 Å². The highest BCUT2D eigenvalue weighted by Crippen LogP contribution is 2.18. The predicted molar refractivity (Wildman–Crippen MR) is 195 cm³/mol. The minimum atomic E-state index is -0.619. The second-order valence-electron chi connectivity index (χ2n) is 13.4. The van der Waals surface area contributed by atoms with E-state index in [-0.39, 0.29) is 29.5 Å². The van der Waals surface area contributed by atoms with E-state index in [4.69, 9.17) is 9.47 Å². The van der Waals surface area contributed by atoms with Crippen LogP contribution in [0.3, 0.4) is 0 Å². The number of nitrogens with one attached hydrogen (secondary N) is 2. The molecule has 0 aliphatic heterocycles. The molecule has 0 bridgehead atoms. The lowest BCUT2D eigenvalue weighted by Crippen LogP contribution is -2.44. The maximum absolute atomic E-state index is 13.9. The Morgan fingerprint density at radius 3 is 2.16 bits per heavy atom. The monoisotopic (exact) mass is 659 g/mol. The zero-order valence-corrected chi connectivity index (χ0v) is 28.9. The van der Waals surface area contributed by atoms with Crippen LogP contribution in [0.1, 0.15) is 48.6 Å². The Balaban J connectivity index is 1.32. The summed E-state index contributed by atoms with van der Waals surface area (Å²) >= 11 is 0. The topological polar surface area (TPSA) is 98.7 Å². The SMILES string of the molecule is COc1ccc(Cn2ccc(C)c(NC(=O)C(Cc3ccc(CC(=O)OC(C)(C)C)cc3)NCCc3ccc4ccccc4c3)c2=O)cc1. The molecule has 0 spiro atoms. The minimum Gasteiger partial charge on any atom is -0.497 e. The van der Waals surface area contributed by atoms with Crippen molar-refractivity contribution >= 4 is 28.3 Å². The molecule has 5 aromatic rings. The summed E-state index contributed by atoms with van der Waals surface area (Å²) in [6.45, 7) is 8.27.